The second-order valence-corrected chi connectivity index (χ2v) is 2.80. The highest BCUT2D eigenvalue weighted by atomic mass is 35.5. The molecule has 0 unspecified atom stereocenters. The van der Waals surface area contributed by atoms with E-state index in [0.717, 1.165) is 5.57 Å². The highest BCUT2D eigenvalue weighted by molar-refractivity contribution is 6.44. The molecule has 0 radical (unpaired) electrons. The third-order valence-electron chi connectivity index (χ3n) is 1.19. The van der Waals surface area contributed by atoms with Gasteiger partial charge in [-0.05, 0) is 20.9 Å². The lowest BCUT2D eigenvalue weighted by atomic mass is 10.2. The predicted molar refractivity (Wildman–Crippen MR) is 49.8 cm³/mol. The standard InChI is InChI=1S/C7H14ClN3/c1-5(2)7(8)6(11-9)4-10-3/h10H,4,9H2,1-3H3/b11-6-. The van der Waals surface area contributed by atoms with Crippen LogP contribution in [0.15, 0.2) is 15.7 Å². The van der Waals surface area contributed by atoms with E-state index < -0.39 is 0 Å². The fourth-order valence-electron chi connectivity index (χ4n) is 0.636. The van der Waals surface area contributed by atoms with E-state index in [1.807, 2.05) is 20.9 Å². The number of rotatable bonds is 3. The molecule has 11 heavy (non-hydrogen) atoms. The SMILES string of the molecule is CNC/C(=N/N)C(Cl)=C(C)C. The molecule has 0 heterocycles. The Balaban J connectivity index is 4.41. The highest BCUT2D eigenvalue weighted by Gasteiger charge is 2.03. The van der Waals surface area contributed by atoms with E-state index in [2.05, 4.69) is 10.4 Å². The number of nitrogens with two attached hydrogens (primary N) is 1. The van der Waals surface area contributed by atoms with Crippen LogP contribution in [0.5, 0.6) is 0 Å². The van der Waals surface area contributed by atoms with Gasteiger partial charge in [-0.1, -0.05) is 17.2 Å². The molecule has 0 saturated carbocycles. The Morgan fingerprint density at radius 3 is 2.36 bits per heavy atom. The molecule has 0 aromatic rings. The molecule has 0 fully saturated rings. The Labute approximate surface area is 72.3 Å². The van der Waals surface area contributed by atoms with Crippen molar-refractivity contribution in [1.29, 1.82) is 0 Å². The van der Waals surface area contributed by atoms with Crippen LogP contribution in [0.4, 0.5) is 0 Å². The molecule has 0 aromatic heterocycles. The summed E-state index contributed by atoms with van der Waals surface area (Å²) >= 11 is 5.89. The van der Waals surface area contributed by atoms with E-state index in [9.17, 15) is 0 Å². The zero-order chi connectivity index (χ0) is 8.85. The van der Waals surface area contributed by atoms with Crippen molar-refractivity contribution in [3.63, 3.8) is 0 Å². The van der Waals surface area contributed by atoms with E-state index in [4.69, 9.17) is 17.4 Å². The predicted octanol–water partition coefficient (Wildman–Crippen LogP) is 1.05. The lowest BCUT2D eigenvalue weighted by Crippen LogP contribution is -2.20. The van der Waals surface area contributed by atoms with Crippen molar-refractivity contribution in [2.45, 2.75) is 13.8 Å². The van der Waals surface area contributed by atoms with Crippen molar-refractivity contribution in [3.05, 3.63) is 10.6 Å². The second kappa shape index (κ2) is 5.16. The largest absolute Gasteiger partial charge is 0.323 e. The van der Waals surface area contributed by atoms with Gasteiger partial charge in [0, 0.05) is 6.54 Å². The van der Waals surface area contributed by atoms with Gasteiger partial charge in [-0.15, -0.1) is 0 Å². The molecular formula is C7H14ClN3. The fraction of sp³-hybridized carbons (Fsp3) is 0.571. The lowest BCUT2D eigenvalue weighted by molar-refractivity contribution is 0.940. The van der Waals surface area contributed by atoms with Crippen LogP contribution >= 0.6 is 11.6 Å². The summed E-state index contributed by atoms with van der Waals surface area (Å²) < 4.78 is 0. The fourth-order valence-corrected chi connectivity index (χ4v) is 0.752. The third-order valence-corrected chi connectivity index (χ3v) is 1.79. The molecule has 0 bridgehead atoms. The van der Waals surface area contributed by atoms with Crippen molar-refractivity contribution in [2.24, 2.45) is 10.9 Å². The zero-order valence-corrected chi connectivity index (χ0v) is 7.87. The normalized spacial score (nSPS) is 11.5. The Morgan fingerprint density at radius 2 is 2.09 bits per heavy atom. The molecule has 0 rings (SSSR count). The summed E-state index contributed by atoms with van der Waals surface area (Å²) in [4.78, 5) is 0. The van der Waals surface area contributed by atoms with E-state index in [1.165, 1.54) is 0 Å². The van der Waals surface area contributed by atoms with Gasteiger partial charge in [0.05, 0.1) is 10.7 Å². The lowest BCUT2D eigenvalue weighted by Gasteiger charge is -2.03. The Morgan fingerprint density at radius 1 is 1.55 bits per heavy atom. The Hall–Kier alpha value is -0.540. The maximum atomic E-state index is 5.89. The van der Waals surface area contributed by atoms with Crippen LogP contribution in [0.3, 0.4) is 0 Å². The topological polar surface area (TPSA) is 50.4 Å². The number of allylic oxidation sites excluding steroid dienone is 1. The van der Waals surface area contributed by atoms with Gasteiger partial charge in [-0.25, -0.2) is 0 Å². The summed E-state index contributed by atoms with van der Waals surface area (Å²) in [6.45, 7) is 4.44. The molecule has 3 N–H and O–H groups in total. The van der Waals surface area contributed by atoms with Crippen molar-refractivity contribution < 1.29 is 0 Å². The van der Waals surface area contributed by atoms with Gasteiger partial charge in [-0.2, -0.15) is 5.10 Å². The Bertz CT molecular complexity index is 180. The molecule has 0 spiro atoms. The minimum Gasteiger partial charge on any atom is -0.323 e. The number of hydrogen-bond acceptors (Lipinski definition) is 3. The third kappa shape index (κ3) is 3.39. The molecule has 4 heteroatoms. The maximum Gasteiger partial charge on any atom is 0.0923 e. The minimum atomic E-state index is 0.598. The summed E-state index contributed by atoms with van der Waals surface area (Å²) in [5, 5.41) is 7.13. The first kappa shape index (κ1) is 10.5. The van der Waals surface area contributed by atoms with Gasteiger partial charge in [0.2, 0.25) is 0 Å². The first-order valence-corrected chi connectivity index (χ1v) is 3.76. The first-order valence-electron chi connectivity index (χ1n) is 3.38. The van der Waals surface area contributed by atoms with Crippen molar-refractivity contribution in [2.75, 3.05) is 13.6 Å². The van der Waals surface area contributed by atoms with Gasteiger partial charge in [0.15, 0.2) is 0 Å². The number of hydrogen-bond donors (Lipinski definition) is 2. The highest BCUT2D eigenvalue weighted by Crippen LogP contribution is 2.09. The Kier molecular flexibility index (Phi) is 4.90. The van der Waals surface area contributed by atoms with E-state index >= 15 is 0 Å². The average molecular weight is 176 g/mol. The van der Waals surface area contributed by atoms with Crippen LogP contribution in [-0.4, -0.2) is 19.3 Å². The van der Waals surface area contributed by atoms with Crippen molar-refractivity contribution in [3.8, 4) is 0 Å². The molecule has 0 amide bonds. The van der Waals surface area contributed by atoms with Gasteiger partial charge in [0.1, 0.15) is 0 Å². The first-order chi connectivity index (χ1) is 5.13. The van der Waals surface area contributed by atoms with Gasteiger partial charge >= 0.3 is 0 Å². The molecule has 3 nitrogen and oxygen atoms in total. The van der Waals surface area contributed by atoms with Crippen LogP contribution in [0.25, 0.3) is 0 Å². The zero-order valence-electron chi connectivity index (χ0n) is 7.11. The van der Waals surface area contributed by atoms with Crippen LogP contribution in [0.2, 0.25) is 0 Å². The number of hydrazone groups is 1. The van der Waals surface area contributed by atoms with E-state index in [1.54, 1.807) is 0 Å². The summed E-state index contributed by atoms with van der Waals surface area (Å²) in [6.07, 6.45) is 0. The van der Waals surface area contributed by atoms with E-state index in [0.29, 0.717) is 17.3 Å². The second-order valence-electron chi connectivity index (χ2n) is 2.42. The molecule has 0 atom stereocenters. The summed E-state index contributed by atoms with van der Waals surface area (Å²) in [5.41, 5.74) is 1.71. The molecule has 0 aromatic carbocycles. The smallest absolute Gasteiger partial charge is 0.0923 e. The van der Waals surface area contributed by atoms with Crippen LogP contribution in [-0.2, 0) is 0 Å². The van der Waals surface area contributed by atoms with E-state index in [-0.39, 0.29) is 0 Å². The summed E-state index contributed by atoms with van der Waals surface area (Å²) in [6, 6.07) is 0. The monoisotopic (exact) mass is 175 g/mol. The van der Waals surface area contributed by atoms with Crippen LogP contribution < -0.4 is 11.2 Å². The van der Waals surface area contributed by atoms with Crippen molar-refractivity contribution in [1.82, 2.24) is 5.32 Å². The molecule has 0 aliphatic rings. The number of nitrogens with zero attached hydrogens (tertiary/aromatic N) is 1. The molecule has 64 valence electrons. The van der Waals surface area contributed by atoms with Gasteiger partial charge < -0.3 is 11.2 Å². The average Bonchev–Trinajstić information content (AvgIpc) is 1.98. The molecule has 0 aliphatic heterocycles. The quantitative estimate of drug-likeness (QED) is 0.383. The van der Waals surface area contributed by atoms with Gasteiger partial charge in [0.25, 0.3) is 0 Å². The van der Waals surface area contributed by atoms with Gasteiger partial charge in [-0.3, -0.25) is 0 Å². The van der Waals surface area contributed by atoms with Crippen molar-refractivity contribution >= 4 is 17.3 Å². The van der Waals surface area contributed by atoms with Crippen LogP contribution in [0, 0.1) is 0 Å². The molecule has 0 aliphatic carbocycles. The number of halogens is 1. The minimum absolute atomic E-state index is 0.598. The molecule has 0 saturated heterocycles. The molecular weight excluding hydrogens is 162 g/mol. The number of nitrogens with one attached hydrogen (secondary N) is 1. The summed E-state index contributed by atoms with van der Waals surface area (Å²) in [5.74, 6) is 5.13. The van der Waals surface area contributed by atoms with Crippen LogP contribution in [0.1, 0.15) is 13.8 Å². The summed E-state index contributed by atoms with van der Waals surface area (Å²) in [7, 11) is 1.82. The maximum absolute atomic E-state index is 5.89.